The topological polar surface area (TPSA) is 65.3 Å². The number of para-hydroxylation sites is 1. The number of pyridine rings is 1. The third kappa shape index (κ3) is 3.08. The van der Waals surface area contributed by atoms with E-state index in [0.29, 0.717) is 17.9 Å². The first-order chi connectivity index (χ1) is 13.6. The average molecular weight is 375 g/mol. The molecule has 0 aliphatic rings. The molecular formula is C22H21N3O3. The first kappa shape index (κ1) is 18.0. The van der Waals surface area contributed by atoms with E-state index in [1.54, 1.807) is 18.7 Å². The van der Waals surface area contributed by atoms with Gasteiger partial charge in [-0.05, 0) is 24.3 Å². The van der Waals surface area contributed by atoms with Gasteiger partial charge in [0.05, 0.1) is 28.9 Å². The fourth-order valence-electron chi connectivity index (χ4n) is 3.51. The van der Waals surface area contributed by atoms with Crippen molar-refractivity contribution in [3.05, 3.63) is 76.7 Å². The molecule has 2 aromatic heterocycles. The van der Waals surface area contributed by atoms with Crippen molar-refractivity contribution in [1.82, 2.24) is 9.13 Å². The predicted molar refractivity (Wildman–Crippen MR) is 111 cm³/mol. The second-order valence-electron chi connectivity index (χ2n) is 6.67. The molecule has 0 saturated heterocycles. The van der Waals surface area contributed by atoms with Crippen LogP contribution in [0.4, 0.5) is 5.69 Å². The van der Waals surface area contributed by atoms with Gasteiger partial charge in [-0.1, -0.05) is 24.3 Å². The molecule has 6 nitrogen and oxygen atoms in total. The Hall–Kier alpha value is -3.38. The van der Waals surface area contributed by atoms with Crippen LogP contribution in [-0.4, -0.2) is 28.8 Å². The molecule has 0 radical (unpaired) electrons. The Bertz CT molecular complexity index is 1240. The molecule has 0 fully saturated rings. The largest absolute Gasteiger partial charge is 0.383 e. The summed E-state index contributed by atoms with van der Waals surface area (Å²) in [6, 6.07) is 16.6. The van der Waals surface area contributed by atoms with Crippen molar-refractivity contribution in [3.63, 3.8) is 0 Å². The fraction of sp³-hybridized carbons (Fsp3) is 0.182. The first-order valence-electron chi connectivity index (χ1n) is 9.07. The van der Waals surface area contributed by atoms with Crippen LogP contribution in [0, 0.1) is 0 Å². The molecule has 2 heterocycles. The Kier molecular flexibility index (Phi) is 4.71. The fourth-order valence-corrected chi connectivity index (χ4v) is 3.51. The normalized spacial score (nSPS) is 11.2. The number of nitrogens with one attached hydrogen (secondary N) is 1. The number of anilines is 1. The molecule has 6 heteroatoms. The van der Waals surface area contributed by atoms with Crippen molar-refractivity contribution < 1.29 is 9.53 Å². The molecule has 4 rings (SSSR count). The Morgan fingerprint density at radius 2 is 1.82 bits per heavy atom. The van der Waals surface area contributed by atoms with Gasteiger partial charge in [0, 0.05) is 43.7 Å². The third-order valence-electron chi connectivity index (χ3n) is 5.00. The van der Waals surface area contributed by atoms with Gasteiger partial charge in [0.2, 0.25) is 0 Å². The van der Waals surface area contributed by atoms with E-state index in [2.05, 4.69) is 9.88 Å². The van der Waals surface area contributed by atoms with E-state index in [1.165, 1.54) is 6.07 Å². The molecule has 0 atom stereocenters. The lowest BCUT2D eigenvalue weighted by atomic mass is 10.1. The number of nitrogens with zero attached hydrogens (tertiary/aromatic N) is 2. The number of carbonyl (C=O) groups excluding carboxylic acids is 1. The van der Waals surface area contributed by atoms with Crippen LogP contribution >= 0.6 is 0 Å². The maximum Gasteiger partial charge on any atom is 0.256 e. The zero-order valence-corrected chi connectivity index (χ0v) is 15.8. The summed E-state index contributed by atoms with van der Waals surface area (Å²) >= 11 is 0. The second-order valence-corrected chi connectivity index (χ2v) is 6.67. The minimum Gasteiger partial charge on any atom is -0.383 e. The highest BCUT2D eigenvalue weighted by atomic mass is 16.5. The molecule has 0 aliphatic carbocycles. The summed E-state index contributed by atoms with van der Waals surface area (Å²) in [5, 5.41) is 4.66. The molecule has 0 bridgehead atoms. The number of fused-ring (bicyclic) bond motifs is 2. The Balaban J connectivity index is 1.74. The van der Waals surface area contributed by atoms with Crippen molar-refractivity contribution in [1.29, 1.82) is 0 Å². The molecule has 142 valence electrons. The molecule has 4 aromatic rings. The summed E-state index contributed by atoms with van der Waals surface area (Å²) in [7, 11) is 3.38. The van der Waals surface area contributed by atoms with Gasteiger partial charge in [0.15, 0.2) is 0 Å². The zero-order valence-electron chi connectivity index (χ0n) is 15.8. The minimum atomic E-state index is -0.300. The highest BCUT2D eigenvalue weighted by Gasteiger charge is 2.15. The molecule has 0 unspecified atom stereocenters. The molecule has 28 heavy (non-hydrogen) atoms. The minimum absolute atomic E-state index is 0.215. The predicted octanol–water partition coefficient (Wildman–Crippen LogP) is 3.39. The number of amides is 1. The maximum atomic E-state index is 13.0. The third-order valence-corrected chi connectivity index (χ3v) is 5.00. The van der Waals surface area contributed by atoms with Gasteiger partial charge in [-0.15, -0.1) is 0 Å². The van der Waals surface area contributed by atoms with Crippen LogP contribution in [0.15, 0.2) is 65.6 Å². The van der Waals surface area contributed by atoms with Gasteiger partial charge in [-0.2, -0.15) is 0 Å². The van der Waals surface area contributed by atoms with Crippen molar-refractivity contribution in [2.45, 2.75) is 6.54 Å². The number of rotatable bonds is 5. The summed E-state index contributed by atoms with van der Waals surface area (Å²) in [4.78, 5) is 25.3. The smallest absolute Gasteiger partial charge is 0.256 e. The molecule has 1 amide bonds. The molecule has 1 N–H and O–H groups in total. The van der Waals surface area contributed by atoms with E-state index in [0.717, 1.165) is 28.4 Å². The molecule has 0 spiro atoms. The van der Waals surface area contributed by atoms with E-state index in [4.69, 9.17) is 4.74 Å². The van der Waals surface area contributed by atoms with E-state index in [1.807, 2.05) is 54.7 Å². The number of carbonyl (C=O) groups is 1. The van der Waals surface area contributed by atoms with Gasteiger partial charge in [0.1, 0.15) is 0 Å². The average Bonchev–Trinajstić information content (AvgIpc) is 3.13. The highest BCUT2D eigenvalue weighted by molar-refractivity contribution is 6.14. The number of aryl methyl sites for hydroxylation is 1. The van der Waals surface area contributed by atoms with Crippen LogP contribution in [0.3, 0.4) is 0 Å². The Morgan fingerprint density at radius 1 is 1.04 bits per heavy atom. The van der Waals surface area contributed by atoms with Crippen molar-refractivity contribution in [2.75, 3.05) is 19.0 Å². The molecule has 0 aliphatic heterocycles. The van der Waals surface area contributed by atoms with Crippen LogP contribution in [0.5, 0.6) is 0 Å². The number of ether oxygens (including phenoxy) is 1. The first-order valence-corrected chi connectivity index (χ1v) is 9.07. The van der Waals surface area contributed by atoms with Crippen molar-refractivity contribution in [3.8, 4) is 0 Å². The summed E-state index contributed by atoms with van der Waals surface area (Å²) < 4.78 is 8.79. The molecular weight excluding hydrogens is 354 g/mol. The molecule has 2 aromatic carbocycles. The number of methoxy groups -OCH3 is 1. The van der Waals surface area contributed by atoms with Gasteiger partial charge < -0.3 is 19.2 Å². The van der Waals surface area contributed by atoms with Gasteiger partial charge in [-0.3, -0.25) is 9.59 Å². The van der Waals surface area contributed by atoms with Crippen molar-refractivity contribution in [2.24, 2.45) is 7.05 Å². The van der Waals surface area contributed by atoms with Gasteiger partial charge in [-0.25, -0.2) is 0 Å². The summed E-state index contributed by atoms with van der Waals surface area (Å²) in [5.74, 6) is -0.300. The zero-order chi connectivity index (χ0) is 19.7. The summed E-state index contributed by atoms with van der Waals surface area (Å²) in [5.41, 5.74) is 2.61. The number of hydrogen-bond donors (Lipinski definition) is 1. The van der Waals surface area contributed by atoms with Crippen LogP contribution in [0.25, 0.3) is 21.8 Å². The second kappa shape index (κ2) is 7.32. The van der Waals surface area contributed by atoms with E-state index < -0.39 is 0 Å². The maximum absolute atomic E-state index is 13.0. The standard InChI is InChI=1S/C22H21N3O3/c1-24-19-8-4-3-6-15(19)17(14-21(24)26)22(27)23-18-7-5-9-20-16(18)10-11-25(20)12-13-28-2/h3-11,14H,12-13H2,1-2H3,(H,23,27). The monoisotopic (exact) mass is 375 g/mol. The highest BCUT2D eigenvalue weighted by Crippen LogP contribution is 2.26. The number of benzene rings is 2. The quantitative estimate of drug-likeness (QED) is 0.581. The molecule has 0 saturated carbocycles. The summed E-state index contributed by atoms with van der Waals surface area (Å²) in [6.45, 7) is 1.34. The van der Waals surface area contributed by atoms with Crippen molar-refractivity contribution >= 4 is 33.4 Å². The number of hydrogen-bond acceptors (Lipinski definition) is 3. The van der Waals surface area contributed by atoms with Crippen LogP contribution in [0.2, 0.25) is 0 Å². The Labute approximate surface area is 162 Å². The van der Waals surface area contributed by atoms with Gasteiger partial charge >= 0.3 is 0 Å². The SMILES string of the molecule is COCCn1ccc2c(NC(=O)c3cc(=O)n(C)c4ccccc34)cccc21. The van der Waals surface area contributed by atoms with Crippen LogP contribution in [-0.2, 0) is 18.3 Å². The van der Waals surface area contributed by atoms with E-state index >= 15 is 0 Å². The summed E-state index contributed by atoms with van der Waals surface area (Å²) in [6.07, 6.45) is 1.98. The van der Waals surface area contributed by atoms with Crippen LogP contribution in [0.1, 0.15) is 10.4 Å². The van der Waals surface area contributed by atoms with E-state index in [9.17, 15) is 9.59 Å². The van der Waals surface area contributed by atoms with E-state index in [-0.39, 0.29) is 11.5 Å². The lowest BCUT2D eigenvalue weighted by Crippen LogP contribution is -2.21. The van der Waals surface area contributed by atoms with Gasteiger partial charge in [0.25, 0.3) is 11.5 Å². The lowest BCUT2D eigenvalue weighted by Gasteiger charge is -2.12. The Morgan fingerprint density at radius 3 is 2.64 bits per heavy atom. The number of aromatic nitrogens is 2. The van der Waals surface area contributed by atoms with Crippen LogP contribution < -0.4 is 10.9 Å². The lowest BCUT2D eigenvalue weighted by molar-refractivity contribution is 0.102.